The standard InChI is InChI=1S/C35H36N4O6S/c1-19-12-21(16-36)13-20(2)29(19)39-32(41)25-14-26-28(45-10-6-22-7-11-46-31(22)26)15-24(25)23-4-5-27(38-30(23)34(43)44-3)33(42)37-17-35(18-40)8-9-35/h4-5,7,11-15,40H,6,8-10,16-18,36H2,1-3H3,(H,37,42)(H,39,41). The summed E-state index contributed by atoms with van der Waals surface area (Å²) in [6.07, 6.45) is 2.38. The van der Waals surface area contributed by atoms with Crippen LogP contribution in [0.5, 0.6) is 5.75 Å². The van der Waals surface area contributed by atoms with Crippen molar-refractivity contribution in [3.8, 4) is 27.3 Å². The second-order valence-corrected chi connectivity index (χ2v) is 12.9. The van der Waals surface area contributed by atoms with Gasteiger partial charge in [-0.25, -0.2) is 9.78 Å². The number of rotatable bonds is 9. The zero-order valence-corrected chi connectivity index (χ0v) is 26.8. The molecule has 5 N–H and O–H groups in total. The summed E-state index contributed by atoms with van der Waals surface area (Å²) in [6.45, 7) is 4.96. The molecule has 1 fully saturated rings. The summed E-state index contributed by atoms with van der Waals surface area (Å²) in [5.74, 6) is -1.05. The zero-order chi connectivity index (χ0) is 32.6. The Bertz CT molecular complexity index is 1840. The van der Waals surface area contributed by atoms with Crippen LogP contribution >= 0.6 is 11.3 Å². The van der Waals surface area contributed by atoms with E-state index in [0.29, 0.717) is 54.2 Å². The molecule has 4 aromatic rings. The quantitative estimate of drug-likeness (QED) is 0.186. The number of aryl methyl sites for hydroxylation is 2. The molecule has 0 saturated heterocycles. The summed E-state index contributed by atoms with van der Waals surface area (Å²) in [4.78, 5) is 45.9. The molecule has 6 rings (SSSR count). The molecule has 1 aliphatic heterocycles. The van der Waals surface area contributed by atoms with Crippen LogP contribution in [-0.2, 0) is 17.7 Å². The molecule has 0 spiro atoms. The summed E-state index contributed by atoms with van der Waals surface area (Å²) in [5.41, 5.74) is 11.8. The van der Waals surface area contributed by atoms with Crippen LogP contribution in [0.25, 0.3) is 21.6 Å². The first-order valence-electron chi connectivity index (χ1n) is 15.1. The van der Waals surface area contributed by atoms with Crippen LogP contribution in [0.1, 0.15) is 66.4 Å². The van der Waals surface area contributed by atoms with E-state index in [2.05, 4.69) is 21.7 Å². The summed E-state index contributed by atoms with van der Waals surface area (Å²) >= 11 is 1.58. The van der Waals surface area contributed by atoms with E-state index in [0.717, 1.165) is 45.5 Å². The number of aromatic nitrogens is 1. The Morgan fingerprint density at radius 2 is 1.80 bits per heavy atom. The molecule has 1 aliphatic carbocycles. The molecule has 46 heavy (non-hydrogen) atoms. The maximum atomic E-state index is 14.2. The number of methoxy groups -OCH3 is 1. The van der Waals surface area contributed by atoms with Gasteiger partial charge in [-0.3, -0.25) is 9.59 Å². The summed E-state index contributed by atoms with van der Waals surface area (Å²) in [5, 5.41) is 17.6. The van der Waals surface area contributed by atoms with Crippen LogP contribution < -0.4 is 21.1 Å². The van der Waals surface area contributed by atoms with E-state index in [1.807, 2.05) is 31.4 Å². The van der Waals surface area contributed by atoms with E-state index in [1.165, 1.54) is 13.2 Å². The van der Waals surface area contributed by atoms with Crippen molar-refractivity contribution < 1.29 is 29.0 Å². The van der Waals surface area contributed by atoms with Gasteiger partial charge in [0.1, 0.15) is 11.4 Å². The highest BCUT2D eigenvalue weighted by Gasteiger charge is 2.42. The van der Waals surface area contributed by atoms with Gasteiger partial charge in [-0.05, 0) is 84.7 Å². The molecule has 2 aromatic heterocycles. The molecule has 11 heteroatoms. The van der Waals surface area contributed by atoms with Gasteiger partial charge in [0.2, 0.25) is 0 Å². The van der Waals surface area contributed by atoms with Crippen molar-refractivity contribution in [2.45, 2.75) is 39.7 Å². The average molecular weight is 641 g/mol. The third-order valence-electron chi connectivity index (χ3n) is 8.76. The van der Waals surface area contributed by atoms with Crippen LogP contribution in [-0.4, -0.2) is 54.7 Å². The Morgan fingerprint density at radius 1 is 1.04 bits per heavy atom. The minimum absolute atomic E-state index is 0.0124. The maximum absolute atomic E-state index is 14.2. The molecule has 3 heterocycles. The lowest BCUT2D eigenvalue weighted by molar-refractivity contribution is 0.0594. The number of nitrogens with one attached hydrogen (secondary N) is 2. The Hall–Kier alpha value is -4.58. The highest BCUT2D eigenvalue weighted by atomic mass is 32.1. The largest absolute Gasteiger partial charge is 0.493 e. The number of anilines is 1. The third-order valence-corrected chi connectivity index (χ3v) is 9.75. The molecule has 0 atom stereocenters. The van der Waals surface area contributed by atoms with E-state index in [9.17, 15) is 19.5 Å². The van der Waals surface area contributed by atoms with Crippen molar-refractivity contribution in [1.82, 2.24) is 10.3 Å². The molecule has 0 bridgehead atoms. The van der Waals surface area contributed by atoms with Crippen molar-refractivity contribution in [2.75, 3.05) is 32.2 Å². The summed E-state index contributed by atoms with van der Waals surface area (Å²) in [7, 11) is 1.24. The van der Waals surface area contributed by atoms with E-state index in [1.54, 1.807) is 29.5 Å². The molecule has 0 unspecified atom stereocenters. The fraction of sp³-hybridized carbons (Fsp3) is 0.314. The second kappa shape index (κ2) is 12.7. The average Bonchev–Trinajstić information content (AvgIpc) is 3.75. The first-order valence-corrected chi connectivity index (χ1v) is 16.0. The molecule has 2 amide bonds. The van der Waals surface area contributed by atoms with Gasteiger partial charge in [-0.15, -0.1) is 11.3 Å². The Labute approximate surface area is 271 Å². The van der Waals surface area contributed by atoms with Gasteiger partial charge in [0.05, 0.1) is 20.3 Å². The van der Waals surface area contributed by atoms with Crippen molar-refractivity contribution >= 4 is 34.8 Å². The van der Waals surface area contributed by atoms with Crippen molar-refractivity contribution in [2.24, 2.45) is 11.1 Å². The van der Waals surface area contributed by atoms with E-state index in [4.69, 9.17) is 15.2 Å². The first-order chi connectivity index (χ1) is 22.2. The van der Waals surface area contributed by atoms with Gasteiger partial charge in [0.25, 0.3) is 11.8 Å². The van der Waals surface area contributed by atoms with E-state index < -0.39 is 11.9 Å². The van der Waals surface area contributed by atoms with E-state index in [-0.39, 0.29) is 29.3 Å². The van der Waals surface area contributed by atoms with Gasteiger partial charge in [0, 0.05) is 57.7 Å². The topological polar surface area (TPSA) is 153 Å². The lowest BCUT2D eigenvalue weighted by atomic mass is 9.93. The zero-order valence-electron chi connectivity index (χ0n) is 26.0. The number of carbonyl (C=O) groups is 3. The number of benzene rings is 2. The predicted octanol–water partition coefficient (Wildman–Crippen LogP) is 5.03. The van der Waals surface area contributed by atoms with Crippen LogP contribution in [0.15, 0.2) is 47.8 Å². The Kier molecular flexibility index (Phi) is 8.65. The highest BCUT2D eigenvalue weighted by Crippen LogP contribution is 2.45. The molecular formula is C35H36N4O6S. The Morgan fingerprint density at radius 3 is 2.48 bits per heavy atom. The van der Waals surface area contributed by atoms with Crippen molar-refractivity contribution in [3.63, 3.8) is 0 Å². The van der Waals surface area contributed by atoms with Gasteiger partial charge >= 0.3 is 5.97 Å². The number of fused-ring (bicyclic) bond motifs is 3. The fourth-order valence-corrected chi connectivity index (χ4v) is 6.83. The number of aliphatic hydroxyl groups excluding tert-OH is 1. The number of aliphatic hydroxyl groups is 1. The lowest BCUT2D eigenvalue weighted by Gasteiger charge is -2.19. The molecule has 2 aromatic carbocycles. The number of nitrogens with zero attached hydrogens (tertiary/aromatic N) is 1. The normalized spacial score (nSPS) is 14.3. The number of esters is 1. The monoisotopic (exact) mass is 640 g/mol. The number of nitrogens with two attached hydrogens (primary N) is 1. The molecule has 10 nitrogen and oxygen atoms in total. The van der Waals surface area contributed by atoms with Crippen LogP contribution in [0, 0.1) is 19.3 Å². The van der Waals surface area contributed by atoms with Gasteiger partial charge in [-0.2, -0.15) is 0 Å². The van der Waals surface area contributed by atoms with Gasteiger partial charge in [-0.1, -0.05) is 12.1 Å². The maximum Gasteiger partial charge on any atom is 0.357 e. The predicted molar refractivity (Wildman–Crippen MR) is 176 cm³/mol. The van der Waals surface area contributed by atoms with Crippen LogP contribution in [0.4, 0.5) is 5.69 Å². The van der Waals surface area contributed by atoms with Crippen molar-refractivity contribution in [1.29, 1.82) is 0 Å². The molecular weight excluding hydrogens is 604 g/mol. The van der Waals surface area contributed by atoms with E-state index >= 15 is 0 Å². The second-order valence-electron chi connectivity index (χ2n) is 12.0. The fourth-order valence-electron chi connectivity index (χ4n) is 5.86. The minimum atomic E-state index is -0.759. The number of pyridine rings is 1. The SMILES string of the molecule is COC(=O)c1nc(C(=O)NCC2(CO)CC2)ccc1-c1cc2c(cc1C(=O)Nc1c(C)cc(CN)cc1C)-c1sccc1CCO2. The number of carbonyl (C=O) groups excluding carboxylic acids is 3. The van der Waals surface area contributed by atoms with Gasteiger partial charge < -0.3 is 30.9 Å². The summed E-state index contributed by atoms with van der Waals surface area (Å²) < 4.78 is 11.3. The van der Waals surface area contributed by atoms with Crippen LogP contribution in [0.2, 0.25) is 0 Å². The lowest BCUT2D eigenvalue weighted by Crippen LogP contribution is -2.32. The Balaban J connectivity index is 1.47. The minimum Gasteiger partial charge on any atom is -0.493 e. The molecule has 238 valence electrons. The number of ether oxygens (including phenoxy) is 2. The number of hydrogen-bond acceptors (Lipinski definition) is 9. The number of hydrogen-bond donors (Lipinski definition) is 4. The smallest absolute Gasteiger partial charge is 0.357 e. The summed E-state index contributed by atoms with van der Waals surface area (Å²) in [6, 6.07) is 12.6. The van der Waals surface area contributed by atoms with Crippen LogP contribution in [0.3, 0.4) is 0 Å². The van der Waals surface area contributed by atoms with Gasteiger partial charge in [0.15, 0.2) is 5.69 Å². The number of amides is 2. The number of thiophene rings is 1. The molecule has 1 saturated carbocycles. The third kappa shape index (κ3) is 6.01. The molecule has 0 radical (unpaired) electrons. The van der Waals surface area contributed by atoms with Crippen molar-refractivity contribution in [3.05, 3.63) is 87.0 Å². The highest BCUT2D eigenvalue weighted by molar-refractivity contribution is 7.13. The molecule has 2 aliphatic rings. The first kappa shape index (κ1) is 31.4.